The predicted molar refractivity (Wildman–Crippen MR) is 74.2 cm³/mol. The molecule has 1 aliphatic heterocycles. The van der Waals surface area contributed by atoms with Gasteiger partial charge in [-0.3, -0.25) is 9.47 Å². The second-order valence-electron chi connectivity index (χ2n) is 4.44. The summed E-state index contributed by atoms with van der Waals surface area (Å²) in [5.74, 6) is 2.14. The van der Waals surface area contributed by atoms with Crippen LogP contribution in [0.15, 0.2) is 33.5 Å². The standard InChI is InChI=1S/C13H16N2O2S/c16-13-15(6-5-14-7-9-18-10-8-14)11-3-1-2-4-12(11)17-13/h1-4H,5-10H2. The smallest absolute Gasteiger partial charge is 0.408 e. The molecule has 1 aromatic heterocycles. The van der Waals surface area contributed by atoms with Crippen LogP contribution in [0.5, 0.6) is 0 Å². The Kier molecular flexibility index (Phi) is 3.43. The predicted octanol–water partition coefficient (Wildman–Crippen LogP) is 1.64. The van der Waals surface area contributed by atoms with E-state index in [2.05, 4.69) is 4.90 Å². The van der Waals surface area contributed by atoms with Gasteiger partial charge in [-0.2, -0.15) is 11.8 Å². The number of aromatic nitrogens is 1. The lowest BCUT2D eigenvalue weighted by Gasteiger charge is -2.25. The van der Waals surface area contributed by atoms with Gasteiger partial charge in [-0.25, -0.2) is 4.79 Å². The van der Waals surface area contributed by atoms with Gasteiger partial charge in [0, 0.05) is 37.7 Å². The summed E-state index contributed by atoms with van der Waals surface area (Å²) in [7, 11) is 0. The maximum atomic E-state index is 11.8. The number of nitrogens with zero attached hydrogens (tertiary/aromatic N) is 2. The van der Waals surface area contributed by atoms with Gasteiger partial charge in [0.05, 0.1) is 5.52 Å². The van der Waals surface area contributed by atoms with Crippen LogP contribution in [0.1, 0.15) is 0 Å². The van der Waals surface area contributed by atoms with Crippen LogP contribution in [0.3, 0.4) is 0 Å². The molecule has 0 unspecified atom stereocenters. The van der Waals surface area contributed by atoms with Crippen LogP contribution in [-0.4, -0.2) is 40.6 Å². The van der Waals surface area contributed by atoms with Crippen molar-refractivity contribution in [1.29, 1.82) is 0 Å². The van der Waals surface area contributed by atoms with E-state index in [1.165, 1.54) is 11.5 Å². The van der Waals surface area contributed by atoms with Crippen molar-refractivity contribution in [3.63, 3.8) is 0 Å². The van der Waals surface area contributed by atoms with Crippen molar-refractivity contribution in [3.8, 4) is 0 Å². The summed E-state index contributed by atoms with van der Waals surface area (Å²) in [6.07, 6.45) is 0. The van der Waals surface area contributed by atoms with Crippen molar-refractivity contribution in [1.82, 2.24) is 9.47 Å². The Balaban J connectivity index is 1.77. The highest BCUT2D eigenvalue weighted by atomic mass is 32.2. The van der Waals surface area contributed by atoms with Crippen LogP contribution < -0.4 is 5.76 Å². The van der Waals surface area contributed by atoms with Crippen molar-refractivity contribution in [2.75, 3.05) is 31.1 Å². The van der Waals surface area contributed by atoms with E-state index in [9.17, 15) is 4.79 Å². The molecule has 1 aliphatic rings. The average molecular weight is 264 g/mol. The number of fused-ring (bicyclic) bond motifs is 1. The first-order chi connectivity index (χ1) is 8.84. The second-order valence-corrected chi connectivity index (χ2v) is 5.67. The Hall–Kier alpha value is -1.20. The summed E-state index contributed by atoms with van der Waals surface area (Å²) in [6, 6.07) is 7.60. The molecule has 0 saturated carbocycles. The lowest BCUT2D eigenvalue weighted by atomic mass is 10.3. The minimum absolute atomic E-state index is 0.248. The molecule has 0 spiro atoms. The summed E-state index contributed by atoms with van der Waals surface area (Å²) in [5.41, 5.74) is 1.57. The third-order valence-electron chi connectivity index (χ3n) is 3.32. The molecule has 2 heterocycles. The van der Waals surface area contributed by atoms with E-state index in [0.717, 1.165) is 25.2 Å². The monoisotopic (exact) mass is 264 g/mol. The fraction of sp³-hybridized carbons (Fsp3) is 0.462. The first kappa shape index (κ1) is 11.9. The minimum atomic E-state index is -0.248. The van der Waals surface area contributed by atoms with Gasteiger partial charge in [0.2, 0.25) is 0 Å². The number of thioether (sulfide) groups is 1. The van der Waals surface area contributed by atoms with Gasteiger partial charge >= 0.3 is 5.76 Å². The molecular weight excluding hydrogens is 248 g/mol. The van der Waals surface area contributed by atoms with Crippen molar-refractivity contribution in [2.24, 2.45) is 0 Å². The van der Waals surface area contributed by atoms with E-state index in [0.29, 0.717) is 12.1 Å². The fourth-order valence-electron chi connectivity index (χ4n) is 2.29. The largest absolute Gasteiger partial charge is 0.419 e. The molecule has 0 bridgehead atoms. The summed E-state index contributed by atoms with van der Waals surface area (Å²) in [6.45, 7) is 3.87. The van der Waals surface area contributed by atoms with Crippen molar-refractivity contribution in [2.45, 2.75) is 6.54 Å². The normalized spacial score (nSPS) is 17.3. The third kappa shape index (κ3) is 2.33. The molecule has 0 N–H and O–H groups in total. The van der Waals surface area contributed by atoms with Crippen molar-refractivity contribution < 1.29 is 4.42 Å². The highest BCUT2D eigenvalue weighted by molar-refractivity contribution is 7.99. The lowest BCUT2D eigenvalue weighted by molar-refractivity contribution is 0.286. The molecule has 1 saturated heterocycles. The summed E-state index contributed by atoms with van der Waals surface area (Å²) in [4.78, 5) is 14.2. The van der Waals surface area contributed by atoms with E-state index in [-0.39, 0.29) is 5.76 Å². The first-order valence-corrected chi connectivity index (χ1v) is 7.38. The molecule has 0 aliphatic carbocycles. The van der Waals surface area contributed by atoms with Gasteiger partial charge < -0.3 is 4.42 Å². The molecule has 4 nitrogen and oxygen atoms in total. The average Bonchev–Trinajstić information content (AvgIpc) is 2.73. The quantitative estimate of drug-likeness (QED) is 0.845. The maximum Gasteiger partial charge on any atom is 0.419 e. The molecule has 0 amide bonds. The third-order valence-corrected chi connectivity index (χ3v) is 4.26. The van der Waals surface area contributed by atoms with Gasteiger partial charge in [0.25, 0.3) is 0 Å². The van der Waals surface area contributed by atoms with Crippen LogP contribution in [0.2, 0.25) is 0 Å². The summed E-state index contributed by atoms with van der Waals surface area (Å²) in [5, 5.41) is 0. The van der Waals surface area contributed by atoms with E-state index in [4.69, 9.17) is 4.42 Å². The zero-order valence-electron chi connectivity index (χ0n) is 10.2. The van der Waals surface area contributed by atoms with E-state index in [1.807, 2.05) is 36.0 Å². The zero-order chi connectivity index (χ0) is 12.4. The van der Waals surface area contributed by atoms with Gasteiger partial charge in [-0.1, -0.05) is 12.1 Å². The van der Waals surface area contributed by atoms with Gasteiger partial charge in [0.15, 0.2) is 5.58 Å². The molecule has 18 heavy (non-hydrogen) atoms. The SMILES string of the molecule is O=c1oc2ccccc2n1CCN1CCSCC1. The molecule has 0 atom stereocenters. The van der Waals surface area contributed by atoms with Gasteiger partial charge in [-0.05, 0) is 12.1 Å². The summed E-state index contributed by atoms with van der Waals surface area (Å²) >= 11 is 2.00. The second kappa shape index (κ2) is 5.20. The molecule has 1 aromatic carbocycles. The number of rotatable bonds is 3. The Morgan fingerprint density at radius 1 is 1.17 bits per heavy atom. The van der Waals surface area contributed by atoms with Gasteiger partial charge in [0.1, 0.15) is 0 Å². The molecule has 3 rings (SSSR count). The van der Waals surface area contributed by atoms with Crippen molar-refractivity contribution >= 4 is 22.9 Å². The van der Waals surface area contributed by atoms with E-state index >= 15 is 0 Å². The summed E-state index contributed by atoms with van der Waals surface area (Å²) < 4.78 is 6.96. The van der Waals surface area contributed by atoms with Crippen LogP contribution in [0, 0.1) is 0 Å². The molecular formula is C13H16N2O2S. The molecule has 5 heteroatoms. The number of para-hydroxylation sites is 2. The number of hydrogen-bond acceptors (Lipinski definition) is 4. The Bertz CT molecular complexity index is 584. The Morgan fingerprint density at radius 2 is 1.94 bits per heavy atom. The lowest BCUT2D eigenvalue weighted by Crippen LogP contribution is -2.36. The van der Waals surface area contributed by atoms with Crippen molar-refractivity contribution in [3.05, 3.63) is 34.8 Å². The van der Waals surface area contributed by atoms with Crippen LogP contribution in [0.25, 0.3) is 11.1 Å². The van der Waals surface area contributed by atoms with E-state index in [1.54, 1.807) is 4.57 Å². The van der Waals surface area contributed by atoms with Crippen LogP contribution in [-0.2, 0) is 6.54 Å². The van der Waals surface area contributed by atoms with Crippen LogP contribution >= 0.6 is 11.8 Å². The highest BCUT2D eigenvalue weighted by Crippen LogP contribution is 2.13. The Morgan fingerprint density at radius 3 is 2.78 bits per heavy atom. The Labute approximate surface area is 110 Å². The highest BCUT2D eigenvalue weighted by Gasteiger charge is 2.12. The van der Waals surface area contributed by atoms with Gasteiger partial charge in [-0.15, -0.1) is 0 Å². The maximum absolute atomic E-state index is 11.8. The minimum Gasteiger partial charge on any atom is -0.408 e. The van der Waals surface area contributed by atoms with Crippen LogP contribution in [0.4, 0.5) is 0 Å². The fourth-order valence-corrected chi connectivity index (χ4v) is 3.27. The van der Waals surface area contributed by atoms with E-state index < -0.39 is 0 Å². The molecule has 1 fully saturated rings. The number of hydrogen-bond donors (Lipinski definition) is 0. The molecule has 0 radical (unpaired) electrons. The number of benzene rings is 1. The topological polar surface area (TPSA) is 38.4 Å². The molecule has 96 valence electrons. The zero-order valence-corrected chi connectivity index (χ0v) is 11.0. The first-order valence-electron chi connectivity index (χ1n) is 6.23. The number of oxazole rings is 1. The molecule has 2 aromatic rings.